The molecule has 0 aliphatic rings. The van der Waals surface area contributed by atoms with Gasteiger partial charge in [-0.1, -0.05) is 23.7 Å². The Morgan fingerprint density at radius 2 is 2.24 bits per heavy atom. The number of carboxylic acids is 1. The van der Waals surface area contributed by atoms with Crippen molar-refractivity contribution in [3.8, 4) is 0 Å². The summed E-state index contributed by atoms with van der Waals surface area (Å²) in [4.78, 5) is 10.6. The van der Waals surface area contributed by atoms with E-state index in [9.17, 15) is 9.18 Å². The number of nitrogens with zero attached hydrogens (tertiary/aromatic N) is 2. The molecule has 0 bridgehead atoms. The van der Waals surface area contributed by atoms with Crippen molar-refractivity contribution in [1.82, 2.24) is 9.78 Å². The summed E-state index contributed by atoms with van der Waals surface area (Å²) < 4.78 is 14.6. The van der Waals surface area contributed by atoms with E-state index in [4.69, 9.17) is 16.7 Å². The number of aromatic carboxylic acids is 1. The molecule has 0 amide bonds. The molecule has 0 unspecified atom stereocenters. The van der Waals surface area contributed by atoms with Gasteiger partial charge >= 0.3 is 5.97 Å². The monoisotopic (exact) mass is 254 g/mol. The molecular formula is C11H8ClFN2O2. The zero-order chi connectivity index (χ0) is 12.4. The molecule has 17 heavy (non-hydrogen) atoms. The van der Waals surface area contributed by atoms with Crippen molar-refractivity contribution in [2.24, 2.45) is 0 Å². The maximum Gasteiger partial charge on any atom is 0.356 e. The van der Waals surface area contributed by atoms with Gasteiger partial charge < -0.3 is 5.11 Å². The van der Waals surface area contributed by atoms with E-state index in [-0.39, 0.29) is 17.3 Å². The van der Waals surface area contributed by atoms with Gasteiger partial charge in [-0.25, -0.2) is 9.18 Å². The molecule has 0 spiro atoms. The molecule has 1 N–H and O–H groups in total. The smallest absolute Gasteiger partial charge is 0.356 e. The van der Waals surface area contributed by atoms with Gasteiger partial charge in [0.25, 0.3) is 0 Å². The van der Waals surface area contributed by atoms with Crippen molar-refractivity contribution < 1.29 is 14.3 Å². The van der Waals surface area contributed by atoms with Crippen LogP contribution in [0.4, 0.5) is 4.39 Å². The Kier molecular flexibility index (Phi) is 3.10. The van der Waals surface area contributed by atoms with E-state index in [0.717, 1.165) is 0 Å². The van der Waals surface area contributed by atoms with E-state index in [0.29, 0.717) is 5.56 Å². The van der Waals surface area contributed by atoms with E-state index >= 15 is 0 Å². The zero-order valence-corrected chi connectivity index (χ0v) is 9.36. The molecule has 0 saturated heterocycles. The molecule has 4 nitrogen and oxygen atoms in total. The zero-order valence-electron chi connectivity index (χ0n) is 8.60. The van der Waals surface area contributed by atoms with Crippen LogP contribution in [0.1, 0.15) is 16.1 Å². The van der Waals surface area contributed by atoms with Crippen LogP contribution >= 0.6 is 11.6 Å². The van der Waals surface area contributed by atoms with Gasteiger partial charge in [0, 0.05) is 6.20 Å². The molecule has 2 rings (SSSR count). The first-order valence-corrected chi connectivity index (χ1v) is 5.15. The molecule has 0 saturated carbocycles. The minimum Gasteiger partial charge on any atom is -0.476 e. The lowest BCUT2D eigenvalue weighted by Gasteiger charge is -2.04. The number of hydrogen-bond donors (Lipinski definition) is 1. The first-order chi connectivity index (χ1) is 8.08. The van der Waals surface area contributed by atoms with Crippen LogP contribution in [0.5, 0.6) is 0 Å². The van der Waals surface area contributed by atoms with Gasteiger partial charge in [-0.15, -0.1) is 0 Å². The second-order valence-electron chi connectivity index (χ2n) is 3.42. The number of carboxylic acid groups (broad SMARTS) is 1. The first-order valence-electron chi connectivity index (χ1n) is 4.77. The molecule has 1 aromatic carbocycles. The van der Waals surface area contributed by atoms with Crippen LogP contribution in [0.25, 0.3) is 0 Å². The molecule has 6 heteroatoms. The molecule has 0 fully saturated rings. The minimum atomic E-state index is -1.10. The maximum atomic E-state index is 13.2. The van der Waals surface area contributed by atoms with Crippen molar-refractivity contribution in [2.75, 3.05) is 0 Å². The van der Waals surface area contributed by atoms with Crippen molar-refractivity contribution in [3.05, 3.63) is 52.6 Å². The Hall–Kier alpha value is -1.88. The normalized spacial score (nSPS) is 10.5. The largest absolute Gasteiger partial charge is 0.476 e. The minimum absolute atomic E-state index is 0.0277. The third kappa shape index (κ3) is 2.45. The lowest BCUT2D eigenvalue weighted by atomic mass is 10.2. The summed E-state index contributed by atoms with van der Waals surface area (Å²) in [6.45, 7) is 0.226. The highest BCUT2D eigenvalue weighted by molar-refractivity contribution is 6.31. The van der Waals surface area contributed by atoms with Crippen LogP contribution in [-0.4, -0.2) is 20.9 Å². The molecule has 0 atom stereocenters. The highest BCUT2D eigenvalue weighted by Gasteiger charge is 2.09. The van der Waals surface area contributed by atoms with E-state index in [2.05, 4.69) is 5.10 Å². The number of benzene rings is 1. The van der Waals surface area contributed by atoms with E-state index in [1.165, 1.54) is 29.1 Å². The van der Waals surface area contributed by atoms with Gasteiger partial charge in [-0.05, 0) is 17.7 Å². The van der Waals surface area contributed by atoms with Gasteiger partial charge in [-0.3, -0.25) is 4.68 Å². The van der Waals surface area contributed by atoms with E-state index in [1.807, 2.05) is 0 Å². The van der Waals surface area contributed by atoms with Gasteiger partial charge in [0.05, 0.1) is 11.6 Å². The molecular weight excluding hydrogens is 247 g/mol. The van der Waals surface area contributed by atoms with Crippen LogP contribution < -0.4 is 0 Å². The molecule has 1 aromatic heterocycles. The fourth-order valence-corrected chi connectivity index (χ4v) is 1.59. The molecule has 1 heterocycles. The fourth-order valence-electron chi connectivity index (χ4n) is 1.41. The first kappa shape index (κ1) is 11.6. The number of halogens is 2. The summed E-state index contributed by atoms with van der Waals surface area (Å²) in [6.07, 6.45) is 1.50. The van der Waals surface area contributed by atoms with Crippen LogP contribution in [0.15, 0.2) is 30.5 Å². The average Bonchev–Trinajstić information content (AvgIpc) is 2.73. The average molecular weight is 255 g/mol. The lowest BCUT2D eigenvalue weighted by molar-refractivity contribution is 0.0689. The summed E-state index contributed by atoms with van der Waals surface area (Å²) in [5.74, 6) is -1.61. The third-order valence-electron chi connectivity index (χ3n) is 2.22. The van der Waals surface area contributed by atoms with Gasteiger partial charge in [0.1, 0.15) is 5.82 Å². The van der Waals surface area contributed by atoms with E-state index in [1.54, 1.807) is 6.07 Å². The predicted molar refractivity (Wildman–Crippen MR) is 59.7 cm³/mol. The quantitative estimate of drug-likeness (QED) is 0.915. The Morgan fingerprint density at radius 1 is 1.47 bits per heavy atom. The lowest BCUT2D eigenvalue weighted by Crippen LogP contribution is -2.04. The number of hydrogen-bond acceptors (Lipinski definition) is 2. The Morgan fingerprint density at radius 3 is 2.88 bits per heavy atom. The molecule has 0 radical (unpaired) electrons. The summed E-state index contributed by atoms with van der Waals surface area (Å²) in [7, 11) is 0. The topological polar surface area (TPSA) is 55.1 Å². The second kappa shape index (κ2) is 4.55. The van der Waals surface area contributed by atoms with Gasteiger partial charge in [0.15, 0.2) is 5.69 Å². The Labute approximate surface area is 101 Å². The Bertz CT molecular complexity index is 568. The van der Waals surface area contributed by atoms with Crippen molar-refractivity contribution >= 4 is 17.6 Å². The third-order valence-corrected chi connectivity index (χ3v) is 2.65. The van der Waals surface area contributed by atoms with Crippen molar-refractivity contribution in [1.29, 1.82) is 0 Å². The van der Waals surface area contributed by atoms with Crippen molar-refractivity contribution in [2.45, 2.75) is 6.54 Å². The van der Waals surface area contributed by atoms with Crippen LogP contribution in [0, 0.1) is 5.82 Å². The standard InChI is InChI=1S/C11H8ClFN2O2/c12-10-7(2-1-3-8(10)13)6-15-5-4-9(14-15)11(16)17/h1-5H,6H2,(H,16,17). The van der Waals surface area contributed by atoms with Crippen LogP contribution in [0.2, 0.25) is 5.02 Å². The van der Waals surface area contributed by atoms with Gasteiger partial charge in [0.2, 0.25) is 0 Å². The fraction of sp³-hybridized carbons (Fsp3) is 0.0909. The van der Waals surface area contributed by atoms with E-state index < -0.39 is 11.8 Å². The summed E-state index contributed by atoms with van der Waals surface area (Å²) in [5.41, 5.74) is 0.490. The molecule has 0 aliphatic heterocycles. The summed E-state index contributed by atoms with van der Waals surface area (Å²) in [5, 5.41) is 12.5. The summed E-state index contributed by atoms with van der Waals surface area (Å²) >= 11 is 5.78. The number of rotatable bonds is 3. The second-order valence-corrected chi connectivity index (χ2v) is 3.79. The van der Waals surface area contributed by atoms with Gasteiger partial charge in [-0.2, -0.15) is 5.10 Å². The molecule has 0 aliphatic carbocycles. The summed E-state index contributed by atoms with van der Waals surface area (Å²) in [6, 6.07) is 5.83. The Balaban J connectivity index is 2.25. The molecule has 2 aromatic rings. The highest BCUT2D eigenvalue weighted by atomic mass is 35.5. The SMILES string of the molecule is O=C(O)c1ccn(Cc2cccc(F)c2Cl)n1. The van der Waals surface area contributed by atoms with Crippen LogP contribution in [0.3, 0.4) is 0 Å². The predicted octanol–water partition coefficient (Wildman–Crippen LogP) is 2.42. The number of aromatic nitrogens is 2. The van der Waals surface area contributed by atoms with Crippen molar-refractivity contribution in [3.63, 3.8) is 0 Å². The highest BCUT2D eigenvalue weighted by Crippen LogP contribution is 2.20. The maximum absolute atomic E-state index is 13.2. The molecule has 88 valence electrons. The number of carbonyl (C=O) groups is 1. The van der Waals surface area contributed by atoms with Crippen LogP contribution in [-0.2, 0) is 6.54 Å².